The fourth-order valence-electron chi connectivity index (χ4n) is 0.532. The number of carbonyl (C=O) groups excluding carboxylic acids is 2. The van der Waals surface area contributed by atoms with Gasteiger partial charge in [-0.1, -0.05) is 0 Å². The van der Waals surface area contributed by atoms with Gasteiger partial charge in [0.15, 0.2) is 0 Å². The van der Waals surface area contributed by atoms with E-state index in [-0.39, 0.29) is 18.1 Å². The maximum absolute atomic E-state index is 10.9. The fraction of sp³-hybridized carbons (Fsp3) is 0.286. The number of nitrogens with one attached hydrogen (secondary N) is 1. The molecule has 0 aromatic rings. The van der Waals surface area contributed by atoms with Gasteiger partial charge >= 0.3 is 97.5 Å². The van der Waals surface area contributed by atoms with Crippen LogP contribution in [0.5, 0.6) is 0 Å². The van der Waals surface area contributed by atoms with E-state index in [1.54, 1.807) is 0 Å². The Bertz CT molecular complexity index is 284. The minimum atomic E-state index is -1.20. The van der Waals surface area contributed by atoms with Gasteiger partial charge in [-0.05, 0) is 0 Å². The third-order valence-corrected chi connectivity index (χ3v) is 2.94. The molecule has 0 spiro atoms. The van der Waals surface area contributed by atoms with E-state index in [2.05, 4.69) is 5.32 Å². The number of carboxylic acids is 1. The third-order valence-electron chi connectivity index (χ3n) is 1.09. The van der Waals surface area contributed by atoms with Crippen LogP contribution in [0.3, 0.4) is 0 Å². The molecule has 0 heterocycles. The molecule has 7 heteroatoms. The molecule has 0 aromatic heterocycles. The Morgan fingerprint density at radius 2 is 2.21 bits per heavy atom. The van der Waals surface area contributed by atoms with Crippen LogP contribution in [0.2, 0.25) is 0 Å². The Morgan fingerprint density at radius 1 is 1.50 bits per heavy atom. The summed E-state index contributed by atoms with van der Waals surface area (Å²) >= 11 is -0.870. The zero-order valence-electron chi connectivity index (χ0n) is 8.03. The molecule has 5 nitrogen and oxygen atoms in total. The van der Waals surface area contributed by atoms with E-state index in [9.17, 15) is 14.4 Å². The molecule has 0 aromatic carbocycles. The second-order valence-corrected chi connectivity index (χ2v) is 4.09. The van der Waals surface area contributed by atoms with Crippen molar-refractivity contribution in [1.29, 1.82) is 0.594 Å². The Hall–Kier alpha value is -0.570. The molecular weight excluding hydrogens is 321 g/mol. The van der Waals surface area contributed by atoms with Crippen LogP contribution >= 0.6 is 8.93 Å². The Morgan fingerprint density at radius 3 is 2.79 bits per heavy atom. The van der Waals surface area contributed by atoms with E-state index in [0.717, 1.165) is 21.1 Å². The van der Waals surface area contributed by atoms with Gasteiger partial charge in [0.1, 0.15) is 0 Å². The van der Waals surface area contributed by atoms with Gasteiger partial charge in [-0.3, -0.25) is 0 Å². The first-order valence-corrected chi connectivity index (χ1v) is 6.92. The van der Waals surface area contributed by atoms with Crippen molar-refractivity contribution in [3.05, 3.63) is 12.2 Å². The monoisotopic (exact) mass is 332 g/mol. The standard InChI is InChI=1S/C7H9INO4S/c8-14-7(13)3-4-9-5(10)1-2-6(11)12/h1-2,8H,3-4H2,(H,9,10)(H,11,12)/q-1/b2-1+/i8T. The summed E-state index contributed by atoms with van der Waals surface area (Å²) in [6, 6.07) is 0. The maximum atomic E-state index is 10.9. The molecule has 0 saturated carbocycles. The average molecular weight is 332 g/mol. The summed E-state index contributed by atoms with van der Waals surface area (Å²) in [5, 5.41) is 10.4. The normalized spacial score (nSPS) is 11.3. The van der Waals surface area contributed by atoms with Crippen LogP contribution in [0.15, 0.2) is 12.2 Å². The van der Waals surface area contributed by atoms with Crippen LogP contribution < -0.4 is 26.3 Å². The van der Waals surface area contributed by atoms with Crippen LogP contribution in [0.25, 0.3) is 0 Å². The first-order chi connectivity index (χ1) is 7.06. The Balaban J connectivity index is 3.64. The zero-order chi connectivity index (χ0) is 11.7. The summed E-state index contributed by atoms with van der Waals surface area (Å²) in [6.45, 7) is 0.165. The van der Waals surface area contributed by atoms with Crippen LogP contribution in [0.4, 0.5) is 0 Å². The van der Waals surface area contributed by atoms with Crippen molar-refractivity contribution in [2.45, 2.75) is 6.42 Å². The molecule has 0 atom stereocenters. The van der Waals surface area contributed by atoms with Crippen molar-refractivity contribution in [1.82, 2.24) is 5.32 Å². The van der Waals surface area contributed by atoms with Crippen molar-refractivity contribution in [2.75, 3.05) is 6.54 Å². The van der Waals surface area contributed by atoms with Gasteiger partial charge in [-0.15, -0.1) is 0 Å². The van der Waals surface area contributed by atoms with Crippen molar-refractivity contribution >= 4 is 25.9 Å². The van der Waals surface area contributed by atoms with E-state index < -0.39 is 32.9 Å². The molecule has 0 unspecified atom stereocenters. The Labute approximate surface area is 97.4 Å². The topological polar surface area (TPSA) is 83.5 Å². The van der Waals surface area contributed by atoms with Crippen molar-refractivity contribution in [3.63, 3.8) is 0 Å². The van der Waals surface area contributed by atoms with Gasteiger partial charge in [0, 0.05) is 0 Å². The molecule has 0 radical (unpaired) electrons. The number of halogens is 1. The number of carboxylic acid groups (broad SMARTS) is 1. The quantitative estimate of drug-likeness (QED) is 0.391. The van der Waals surface area contributed by atoms with E-state index in [1.165, 1.54) is 0 Å². The summed E-state index contributed by atoms with van der Waals surface area (Å²) in [7, 11) is 0.976. The van der Waals surface area contributed by atoms with E-state index in [1.807, 2.05) is 0 Å². The molecule has 0 aliphatic rings. The summed E-state index contributed by atoms with van der Waals surface area (Å²) < 4.78 is 6.85. The molecule has 0 rings (SSSR count). The molecule has 0 aliphatic carbocycles. The van der Waals surface area contributed by atoms with Gasteiger partial charge in [0.05, 0.1) is 0 Å². The number of carbonyl (C=O) groups is 3. The molecule has 1 amide bonds. The molecule has 0 fully saturated rings. The number of hydrogen-bond donors (Lipinski definition) is 2. The molecular formula is C7H9INO4S-. The van der Waals surface area contributed by atoms with Gasteiger partial charge in [-0.25, -0.2) is 0 Å². The molecule has 0 bridgehead atoms. The summed E-state index contributed by atoms with van der Waals surface area (Å²) in [6.07, 6.45) is 1.77. The fourth-order valence-corrected chi connectivity index (χ4v) is 1.37. The number of rotatable bonds is 6. The zero-order valence-corrected chi connectivity index (χ0v) is 10.0. The molecule has 0 saturated heterocycles. The number of hydrogen-bond acceptors (Lipinski definition) is 4. The summed E-state index contributed by atoms with van der Waals surface area (Å²) in [4.78, 5) is 31.8. The molecule has 80 valence electrons. The second-order valence-electron chi connectivity index (χ2n) is 2.16. The molecule has 0 aliphatic heterocycles. The predicted molar refractivity (Wildman–Crippen MR) is 48.4 cm³/mol. The van der Waals surface area contributed by atoms with Crippen LogP contribution in [0, 0.1) is 0 Å². The molecule has 2 N–H and O–H groups in total. The van der Waals surface area contributed by atoms with Crippen LogP contribution in [-0.4, -0.2) is 29.2 Å². The summed E-state index contributed by atoms with van der Waals surface area (Å²) in [5.41, 5.74) is 0. The van der Waals surface area contributed by atoms with Crippen molar-refractivity contribution in [2.24, 2.45) is 0 Å². The van der Waals surface area contributed by atoms with E-state index >= 15 is 0 Å². The summed E-state index contributed by atoms with van der Waals surface area (Å²) in [5.74, 6) is -1.74. The third kappa shape index (κ3) is 8.05. The first kappa shape index (κ1) is 11.5. The SMILES string of the molecule is [3H][I-]SC(=O)CCNC(=O)/C=C/C(=O)O. The van der Waals surface area contributed by atoms with Crippen LogP contribution in [0.1, 0.15) is 6.42 Å². The van der Waals surface area contributed by atoms with Gasteiger partial charge in [0.25, 0.3) is 0 Å². The minimum absolute atomic E-state index is 0.125. The van der Waals surface area contributed by atoms with Crippen molar-refractivity contribution in [3.8, 4) is 0 Å². The van der Waals surface area contributed by atoms with E-state index in [0.29, 0.717) is 0 Å². The van der Waals surface area contributed by atoms with Gasteiger partial charge < -0.3 is 0 Å². The Kier molecular flexibility index (Phi) is 6.41. The number of aliphatic carboxylic acids is 1. The molecule has 14 heavy (non-hydrogen) atoms. The van der Waals surface area contributed by atoms with Crippen LogP contribution in [-0.2, 0) is 14.4 Å². The number of amides is 1. The van der Waals surface area contributed by atoms with Gasteiger partial charge in [0.2, 0.25) is 0 Å². The predicted octanol–water partition coefficient (Wildman–Crippen LogP) is -3.41. The van der Waals surface area contributed by atoms with Gasteiger partial charge in [-0.2, -0.15) is 0 Å². The average Bonchev–Trinajstić information content (AvgIpc) is 2.15. The second kappa shape index (κ2) is 7.80. The van der Waals surface area contributed by atoms with E-state index in [4.69, 9.17) is 5.70 Å². The first-order valence-electron chi connectivity index (χ1n) is 3.94. The van der Waals surface area contributed by atoms with Crippen molar-refractivity contribution < 1.29 is 40.5 Å².